The van der Waals surface area contributed by atoms with Crippen molar-refractivity contribution in [3.8, 4) is 67.7 Å². The minimum Gasteiger partial charge on any atom is -0.508 e. The Kier molecular flexibility index (Phi) is 8.16. The predicted octanol–water partition coefficient (Wildman–Crippen LogP) is 2.41. The molecule has 1 heterocycles. The van der Waals surface area contributed by atoms with Crippen LogP contribution in [0.2, 0.25) is 0 Å². The molecule has 0 spiro atoms. The summed E-state index contributed by atoms with van der Waals surface area (Å²) in [5, 5.41) is 38.7. The van der Waals surface area contributed by atoms with Crippen molar-refractivity contribution in [1.82, 2.24) is 9.55 Å². The van der Waals surface area contributed by atoms with Crippen LogP contribution in [0.4, 0.5) is 0 Å². The third-order valence-corrected chi connectivity index (χ3v) is 11.6. The van der Waals surface area contributed by atoms with Crippen molar-refractivity contribution in [2.75, 3.05) is 0 Å². The van der Waals surface area contributed by atoms with E-state index in [0.29, 0.717) is 10.8 Å². The van der Waals surface area contributed by atoms with E-state index < -0.39 is 0 Å². The number of imidazole rings is 1. The number of fused-ring (bicyclic) bond motifs is 3. The lowest BCUT2D eigenvalue weighted by Crippen LogP contribution is -2.48. The molecule has 0 bridgehead atoms. The molecule has 5 nitrogen and oxygen atoms in total. The van der Waals surface area contributed by atoms with E-state index in [2.05, 4.69) is 96.6 Å². The number of hydrogen-bond acceptors (Lipinski definition) is 4. The van der Waals surface area contributed by atoms with Crippen LogP contribution in [-0.2, 0) is 0 Å². The SMILES string of the molecule is Bc1c(B)c(B)c2c(-c3cccc(-n4c(-c5ccccc5)nc5ccccc54)c3)c3c(O)c(O)c(B)c(O)c3c(-c3cccc(-c4ccccc4)c3)c2c1B. The van der Waals surface area contributed by atoms with Gasteiger partial charge in [0.05, 0.1) is 11.0 Å². The minimum absolute atomic E-state index is 0.0630. The second-order valence-electron chi connectivity index (χ2n) is 14.5. The van der Waals surface area contributed by atoms with Crippen LogP contribution < -0.4 is 27.3 Å². The Labute approximate surface area is 324 Å². The molecular formula is C45H35B5N2O3. The third kappa shape index (κ3) is 5.27. The molecule has 0 aliphatic rings. The molecule has 0 unspecified atom stereocenters. The molecule has 258 valence electrons. The van der Waals surface area contributed by atoms with E-state index >= 15 is 0 Å². The molecule has 3 N–H and O–H groups in total. The average molecular weight is 706 g/mol. The van der Waals surface area contributed by atoms with Crippen molar-refractivity contribution in [2.45, 2.75) is 0 Å². The van der Waals surface area contributed by atoms with Gasteiger partial charge in [-0.15, -0.1) is 10.9 Å². The number of aromatic nitrogens is 2. The number of phenolic OH excluding ortho intramolecular Hbond substituents is 3. The van der Waals surface area contributed by atoms with E-state index in [-0.39, 0.29) is 22.7 Å². The first-order chi connectivity index (χ1) is 26.7. The maximum atomic E-state index is 12.2. The highest BCUT2D eigenvalue weighted by Gasteiger charge is 2.28. The lowest BCUT2D eigenvalue weighted by molar-refractivity contribution is 0.407. The van der Waals surface area contributed by atoms with E-state index in [1.807, 2.05) is 72.8 Å². The average Bonchev–Trinajstić information content (AvgIpc) is 3.63. The third-order valence-electron chi connectivity index (χ3n) is 11.6. The first-order valence-electron chi connectivity index (χ1n) is 18.6. The van der Waals surface area contributed by atoms with E-state index in [4.69, 9.17) is 4.98 Å². The molecule has 0 saturated heterocycles. The van der Waals surface area contributed by atoms with Gasteiger partial charge in [0.2, 0.25) is 0 Å². The van der Waals surface area contributed by atoms with Gasteiger partial charge in [-0.2, -0.15) is 0 Å². The van der Waals surface area contributed by atoms with E-state index in [0.717, 1.165) is 88.7 Å². The zero-order valence-electron chi connectivity index (χ0n) is 31.4. The summed E-state index contributed by atoms with van der Waals surface area (Å²) in [5.41, 5.74) is 13.8. The van der Waals surface area contributed by atoms with Crippen molar-refractivity contribution >= 4 is 99.1 Å². The molecule has 0 aliphatic carbocycles. The van der Waals surface area contributed by atoms with Gasteiger partial charge in [-0.1, -0.05) is 114 Å². The van der Waals surface area contributed by atoms with Crippen LogP contribution in [0, 0.1) is 0 Å². The summed E-state index contributed by atoms with van der Waals surface area (Å²) in [6.07, 6.45) is 0. The molecule has 55 heavy (non-hydrogen) atoms. The Hall–Kier alpha value is -6.53. The number of hydrogen-bond donors (Lipinski definition) is 3. The van der Waals surface area contributed by atoms with Gasteiger partial charge in [0.1, 0.15) is 50.8 Å². The number of aromatic hydroxyl groups is 3. The maximum Gasteiger partial charge on any atom is 0.165 e. The van der Waals surface area contributed by atoms with Gasteiger partial charge in [-0.05, 0) is 68.8 Å². The van der Waals surface area contributed by atoms with E-state index in [1.165, 1.54) is 5.46 Å². The monoisotopic (exact) mass is 706 g/mol. The zero-order chi connectivity index (χ0) is 38.1. The smallest absolute Gasteiger partial charge is 0.165 e. The van der Waals surface area contributed by atoms with Crippen molar-refractivity contribution in [3.05, 3.63) is 133 Å². The van der Waals surface area contributed by atoms with Crippen LogP contribution in [0.15, 0.2) is 133 Å². The molecule has 9 rings (SSSR count). The molecule has 0 amide bonds. The van der Waals surface area contributed by atoms with Crippen molar-refractivity contribution in [3.63, 3.8) is 0 Å². The van der Waals surface area contributed by atoms with Crippen molar-refractivity contribution in [2.24, 2.45) is 0 Å². The van der Waals surface area contributed by atoms with Gasteiger partial charge >= 0.3 is 0 Å². The highest BCUT2D eigenvalue weighted by atomic mass is 16.3. The summed E-state index contributed by atoms with van der Waals surface area (Å²) in [6.45, 7) is 0. The molecule has 8 aromatic carbocycles. The van der Waals surface area contributed by atoms with Gasteiger partial charge in [0, 0.05) is 33.2 Å². The molecule has 1 aromatic heterocycles. The number of nitrogens with zero attached hydrogens (tertiary/aromatic N) is 2. The summed E-state index contributed by atoms with van der Waals surface area (Å²) in [6, 6.07) is 45.2. The Morgan fingerprint density at radius 1 is 0.400 bits per heavy atom. The highest BCUT2D eigenvalue weighted by molar-refractivity contribution is 6.68. The lowest BCUT2D eigenvalue weighted by atomic mass is 9.62. The Morgan fingerprint density at radius 2 is 0.909 bits per heavy atom. The van der Waals surface area contributed by atoms with Crippen LogP contribution >= 0.6 is 0 Å². The quantitative estimate of drug-likeness (QED) is 0.111. The van der Waals surface area contributed by atoms with Gasteiger partial charge in [0.15, 0.2) is 11.5 Å². The van der Waals surface area contributed by atoms with Gasteiger partial charge in [-0.3, -0.25) is 4.57 Å². The topological polar surface area (TPSA) is 78.5 Å². The summed E-state index contributed by atoms with van der Waals surface area (Å²) in [5.74, 6) is 0.152. The van der Waals surface area contributed by atoms with Crippen LogP contribution in [0.3, 0.4) is 0 Å². The van der Waals surface area contributed by atoms with Crippen LogP contribution in [-0.4, -0.2) is 64.1 Å². The maximum absolute atomic E-state index is 12.2. The first kappa shape index (κ1) is 34.3. The van der Waals surface area contributed by atoms with Crippen molar-refractivity contribution < 1.29 is 15.3 Å². The van der Waals surface area contributed by atoms with Crippen LogP contribution in [0.1, 0.15) is 0 Å². The Morgan fingerprint density at radius 3 is 1.56 bits per heavy atom. The van der Waals surface area contributed by atoms with E-state index in [1.54, 1.807) is 7.85 Å². The fourth-order valence-electron chi connectivity index (χ4n) is 8.44. The fourth-order valence-corrected chi connectivity index (χ4v) is 8.44. The minimum atomic E-state index is -0.337. The molecule has 0 aliphatic heterocycles. The normalized spacial score (nSPS) is 11.5. The summed E-state index contributed by atoms with van der Waals surface area (Å²) in [4.78, 5) is 5.09. The second kappa shape index (κ2) is 13.1. The largest absolute Gasteiger partial charge is 0.508 e. The summed E-state index contributed by atoms with van der Waals surface area (Å²) in [7, 11) is 10.2. The molecule has 10 heteroatoms. The van der Waals surface area contributed by atoms with Gasteiger partial charge < -0.3 is 15.3 Å². The molecule has 0 saturated carbocycles. The molecule has 0 fully saturated rings. The predicted molar refractivity (Wildman–Crippen MR) is 244 cm³/mol. The fraction of sp³-hybridized carbons (Fsp3) is 0. The standard InChI is InChI=1S/C45H35B5N2O3/c46-37-33-31(26-16-9-15-25(21-26)23-11-3-1-4-12-23)35-36(43(54)44(55)41(50)42(35)53)32(34(33)38(47)40(49)39(37)48)27-17-10-18-28(22-27)52-30-20-8-7-19-29(30)51-45(52)24-13-5-2-6-14-24/h1-22,53-55H,46-50H2. The van der Waals surface area contributed by atoms with Gasteiger partial charge in [0.25, 0.3) is 0 Å². The number of phenols is 3. The number of para-hydroxylation sites is 2. The molecule has 0 radical (unpaired) electrons. The van der Waals surface area contributed by atoms with E-state index in [9.17, 15) is 15.3 Å². The van der Waals surface area contributed by atoms with Gasteiger partial charge in [-0.25, -0.2) is 4.98 Å². The Balaban J connectivity index is 1.44. The van der Waals surface area contributed by atoms with Crippen LogP contribution in [0.5, 0.6) is 17.2 Å². The number of benzene rings is 8. The summed E-state index contributed by atoms with van der Waals surface area (Å²) >= 11 is 0. The Bertz CT molecular complexity index is 2940. The number of rotatable bonds is 5. The van der Waals surface area contributed by atoms with Crippen LogP contribution in [0.25, 0.3) is 83.0 Å². The van der Waals surface area contributed by atoms with Crippen molar-refractivity contribution in [1.29, 1.82) is 0 Å². The zero-order valence-corrected chi connectivity index (χ0v) is 31.4. The highest BCUT2D eigenvalue weighted by Crippen LogP contribution is 2.51. The molecule has 9 aromatic rings. The second-order valence-corrected chi connectivity index (χ2v) is 14.5. The summed E-state index contributed by atoms with van der Waals surface area (Å²) < 4.78 is 2.18. The first-order valence-corrected chi connectivity index (χ1v) is 18.6. The lowest BCUT2D eigenvalue weighted by Gasteiger charge is -2.26. The molecular weight excluding hydrogens is 671 g/mol. The molecule has 0 atom stereocenters.